The lowest BCUT2D eigenvalue weighted by Crippen LogP contribution is -2.16. The molecule has 0 aliphatic heterocycles. The van der Waals surface area contributed by atoms with E-state index in [1.54, 1.807) is 25.3 Å². The Hall–Kier alpha value is -1.99. The number of aliphatic hydroxyl groups is 1. The second kappa shape index (κ2) is 5.79. The number of benzene rings is 1. The van der Waals surface area contributed by atoms with Gasteiger partial charge in [-0.2, -0.15) is 0 Å². The SMILES string of the molecule is Cc1ncccc1NS(=O)(=O)c1cc(CO)cc(F)c1C. The van der Waals surface area contributed by atoms with Crippen molar-refractivity contribution in [3.63, 3.8) is 0 Å². The first-order valence-electron chi connectivity index (χ1n) is 6.19. The zero-order chi connectivity index (χ0) is 15.6. The number of aliphatic hydroxyl groups excluding tert-OH is 1. The first-order valence-corrected chi connectivity index (χ1v) is 7.68. The summed E-state index contributed by atoms with van der Waals surface area (Å²) in [6, 6.07) is 5.54. The number of anilines is 1. The Labute approximate surface area is 122 Å². The summed E-state index contributed by atoms with van der Waals surface area (Å²) in [5.41, 5.74) is 1.03. The first kappa shape index (κ1) is 15.4. The van der Waals surface area contributed by atoms with Gasteiger partial charge in [0.15, 0.2) is 0 Å². The Morgan fingerprint density at radius 2 is 2.05 bits per heavy atom. The van der Waals surface area contributed by atoms with Gasteiger partial charge in [0.2, 0.25) is 0 Å². The summed E-state index contributed by atoms with van der Waals surface area (Å²) < 4.78 is 41.0. The maximum Gasteiger partial charge on any atom is 0.262 e. The molecule has 0 aliphatic carbocycles. The molecule has 1 heterocycles. The van der Waals surface area contributed by atoms with Crippen LogP contribution < -0.4 is 4.72 Å². The van der Waals surface area contributed by atoms with Gasteiger partial charge in [-0.15, -0.1) is 0 Å². The third-order valence-corrected chi connectivity index (χ3v) is 4.57. The molecule has 0 radical (unpaired) electrons. The fraction of sp³-hybridized carbons (Fsp3) is 0.214. The van der Waals surface area contributed by atoms with Crippen molar-refractivity contribution in [1.82, 2.24) is 4.98 Å². The molecule has 0 saturated heterocycles. The van der Waals surface area contributed by atoms with Crippen molar-refractivity contribution in [2.24, 2.45) is 0 Å². The van der Waals surface area contributed by atoms with E-state index in [1.165, 1.54) is 13.0 Å². The van der Waals surface area contributed by atoms with Crippen molar-refractivity contribution >= 4 is 15.7 Å². The summed E-state index contributed by atoms with van der Waals surface area (Å²) >= 11 is 0. The number of hydrogen-bond acceptors (Lipinski definition) is 4. The van der Waals surface area contributed by atoms with Crippen molar-refractivity contribution in [2.75, 3.05) is 4.72 Å². The molecular formula is C14H15FN2O3S. The molecule has 2 aromatic rings. The van der Waals surface area contributed by atoms with E-state index in [4.69, 9.17) is 5.11 Å². The molecule has 0 unspecified atom stereocenters. The molecule has 2 N–H and O–H groups in total. The lowest BCUT2D eigenvalue weighted by molar-refractivity contribution is 0.281. The minimum atomic E-state index is -3.96. The quantitative estimate of drug-likeness (QED) is 0.906. The summed E-state index contributed by atoms with van der Waals surface area (Å²) in [5.74, 6) is -0.676. The molecule has 1 aromatic heterocycles. The van der Waals surface area contributed by atoms with Crippen LogP contribution in [-0.2, 0) is 16.6 Å². The number of sulfonamides is 1. The van der Waals surface area contributed by atoms with Crippen LogP contribution in [0.15, 0.2) is 35.4 Å². The van der Waals surface area contributed by atoms with Crippen LogP contribution in [0.25, 0.3) is 0 Å². The van der Waals surface area contributed by atoms with Crippen molar-refractivity contribution in [3.8, 4) is 0 Å². The highest BCUT2D eigenvalue weighted by Crippen LogP contribution is 2.24. The summed E-state index contributed by atoms with van der Waals surface area (Å²) in [5, 5.41) is 9.09. The average Bonchev–Trinajstić information content (AvgIpc) is 2.43. The van der Waals surface area contributed by atoms with Crippen LogP contribution in [0, 0.1) is 19.7 Å². The largest absolute Gasteiger partial charge is 0.392 e. The lowest BCUT2D eigenvalue weighted by Gasteiger charge is -2.13. The van der Waals surface area contributed by atoms with Gasteiger partial charge in [-0.1, -0.05) is 0 Å². The summed E-state index contributed by atoms with van der Waals surface area (Å²) in [6.45, 7) is 2.60. The van der Waals surface area contributed by atoms with Gasteiger partial charge >= 0.3 is 0 Å². The third kappa shape index (κ3) is 3.20. The molecule has 112 valence electrons. The van der Waals surface area contributed by atoms with Crippen LogP contribution in [0.5, 0.6) is 0 Å². The number of rotatable bonds is 4. The van der Waals surface area contributed by atoms with Crippen molar-refractivity contribution in [2.45, 2.75) is 25.3 Å². The first-order chi connectivity index (χ1) is 9.85. The Kier molecular flexibility index (Phi) is 4.24. The van der Waals surface area contributed by atoms with Crippen molar-refractivity contribution in [1.29, 1.82) is 0 Å². The summed E-state index contributed by atoms with van der Waals surface area (Å²) in [6.07, 6.45) is 1.55. The van der Waals surface area contributed by atoms with E-state index in [1.807, 2.05) is 0 Å². The fourth-order valence-corrected chi connectivity index (χ4v) is 3.29. The number of pyridine rings is 1. The molecule has 0 bridgehead atoms. The van der Waals surface area contributed by atoms with E-state index in [2.05, 4.69) is 9.71 Å². The van der Waals surface area contributed by atoms with E-state index in [0.29, 0.717) is 11.4 Å². The Bertz CT molecular complexity index is 776. The molecule has 5 nitrogen and oxygen atoms in total. The van der Waals surface area contributed by atoms with E-state index in [-0.39, 0.29) is 16.0 Å². The normalized spacial score (nSPS) is 11.4. The minimum absolute atomic E-state index is 0.00115. The molecule has 7 heteroatoms. The molecule has 0 spiro atoms. The number of nitrogens with one attached hydrogen (secondary N) is 1. The zero-order valence-electron chi connectivity index (χ0n) is 11.6. The molecule has 0 amide bonds. The van der Waals surface area contributed by atoms with Gasteiger partial charge in [0.1, 0.15) is 5.82 Å². The number of aryl methyl sites for hydroxylation is 1. The van der Waals surface area contributed by atoms with Gasteiger partial charge in [-0.25, -0.2) is 12.8 Å². The average molecular weight is 310 g/mol. The van der Waals surface area contributed by atoms with Gasteiger partial charge in [0.25, 0.3) is 10.0 Å². The second-order valence-corrected chi connectivity index (χ2v) is 6.25. The van der Waals surface area contributed by atoms with E-state index < -0.39 is 22.4 Å². The molecular weight excluding hydrogens is 295 g/mol. The van der Waals surface area contributed by atoms with Crippen molar-refractivity contribution in [3.05, 3.63) is 53.1 Å². The van der Waals surface area contributed by atoms with Crippen LogP contribution in [-0.4, -0.2) is 18.5 Å². The predicted octanol–water partition coefficient (Wildman–Crippen LogP) is 2.13. The number of nitrogens with zero attached hydrogens (tertiary/aromatic N) is 1. The maximum atomic E-state index is 13.8. The third-order valence-electron chi connectivity index (χ3n) is 3.08. The fourth-order valence-electron chi connectivity index (χ4n) is 1.87. The van der Waals surface area contributed by atoms with E-state index in [9.17, 15) is 12.8 Å². The van der Waals surface area contributed by atoms with Gasteiger partial charge in [-0.3, -0.25) is 9.71 Å². The van der Waals surface area contributed by atoms with Gasteiger partial charge in [-0.05, 0) is 43.7 Å². The lowest BCUT2D eigenvalue weighted by atomic mass is 10.1. The number of hydrogen-bond donors (Lipinski definition) is 2. The Balaban J connectivity index is 2.50. The van der Waals surface area contributed by atoms with Crippen LogP contribution in [0.4, 0.5) is 10.1 Å². The zero-order valence-corrected chi connectivity index (χ0v) is 12.4. The number of aromatic nitrogens is 1. The maximum absolute atomic E-state index is 13.8. The molecule has 0 aliphatic rings. The molecule has 0 saturated carbocycles. The highest BCUT2D eigenvalue weighted by molar-refractivity contribution is 7.92. The smallest absolute Gasteiger partial charge is 0.262 e. The van der Waals surface area contributed by atoms with Crippen LogP contribution in [0.3, 0.4) is 0 Å². The topological polar surface area (TPSA) is 79.3 Å². The summed E-state index contributed by atoms with van der Waals surface area (Å²) in [7, 11) is -3.96. The van der Waals surface area contributed by atoms with E-state index >= 15 is 0 Å². The molecule has 21 heavy (non-hydrogen) atoms. The van der Waals surface area contributed by atoms with Gasteiger partial charge in [0.05, 0.1) is 22.9 Å². The standard InChI is InChI=1S/C14H15FN2O3S/c1-9-12(15)6-11(8-18)7-14(9)21(19,20)17-13-4-3-5-16-10(13)2/h3-7,17-18H,8H2,1-2H3. The molecule has 0 atom stereocenters. The highest BCUT2D eigenvalue weighted by atomic mass is 32.2. The number of halogens is 1. The molecule has 2 rings (SSSR count). The van der Waals surface area contributed by atoms with Gasteiger partial charge in [0, 0.05) is 11.8 Å². The monoisotopic (exact) mass is 310 g/mol. The second-order valence-electron chi connectivity index (χ2n) is 4.60. The predicted molar refractivity (Wildman–Crippen MR) is 76.8 cm³/mol. The molecule has 0 fully saturated rings. The molecule has 1 aromatic carbocycles. The summed E-state index contributed by atoms with van der Waals surface area (Å²) in [4.78, 5) is 3.79. The minimum Gasteiger partial charge on any atom is -0.392 e. The van der Waals surface area contributed by atoms with Crippen LogP contribution >= 0.6 is 0 Å². The Morgan fingerprint density at radius 1 is 1.33 bits per heavy atom. The van der Waals surface area contributed by atoms with E-state index in [0.717, 1.165) is 6.07 Å². The van der Waals surface area contributed by atoms with Gasteiger partial charge < -0.3 is 5.11 Å². The van der Waals surface area contributed by atoms with Crippen LogP contribution in [0.1, 0.15) is 16.8 Å². The Morgan fingerprint density at radius 3 is 2.67 bits per heavy atom. The highest BCUT2D eigenvalue weighted by Gasteiger charge is 2.21. The van der Waals surface area contributed by atoms with Crippen molar-refractivity contribution < 1.29 is 17.9 Å². The van der Waals surface area contributed by atoms with Crippen LogP contribution in [0.2, 0.25) is 0 Å².